The van der Waals surface area contributed by atoms with Crippen molar-refractivity contribution in [2.45, 2.75) is 13.5 Å². The van der Waals surface area contributed by atoms with E-state index < -0.39 is 10.9 Å². The molecule has 1 aromatic heterocycles. The number of benzene rings is 1. The number of rotatable bonds is 5. The van der Waals surface area contributed by atoms with E-state index in [2.05, 4.69) is 5.16 Å². The number of aromatic carboxylic acids is 1. The normalized spacial score (nSPS) is 10.2. The molecule has 0 bridgehead atoms. The van der Waals surface area contributed by atoms with Gasteiger partial charge in [-0.2, -0.15) is 0 Å². The second kappa shape index (κ2) is 5.39. The highest BCUT2D eigenvalue weighted by Crippen LogP contribution is 2.30. The molecule has 2 rings (SSSR count). The zero-order valence-electron chi connectivity index (χ0n) is 10.4. The molecule has 2 aromatic rings. The Morgan fingerprint density at radius 2 is 2.30 bits per heavy atom. The van der Waals surface area contributed by atoms with Gasteiger partial charge in [0.05, 0.1) is 4.92 Å². The van der Waals surface area contributed by atoms with E-state index in [0.717, 1.165) is 0 Å². The number of aryl methyl sites for hydroxylation is 1. The third-order valence-electron chi connectivity index (χ3n) is 2.53. The molecule has 104 valence electrons. The molecule has 0 atom stereocenters. The molecule has 0 radical (unpaired) electrons. The van der Waals surface area contributed by atoms with Crippen LogP contribution in [0, 0.1) is 17.0 Å². The Hall–Kier alpha value is -2.90. The molecule has 1 heterocycles. The van der Waals surface area contributed by atoms with Gasteiger partial charge in [0.15, 0.2) is 17.2 Å². The van der Waals surface area contributed by atoms with E-state index in [9.17, 15) is 14.9 Å². The topological polar surface area (TPSA) is 116 Å². The van der Waals surface area contributed by atoms with Crippen LogP contribution in [-0.4, -0.2) is 21.2 Å². The number of aromatic nitrogens is 1. The van der Waals surface area contributed by atoms with Crippen LogP contribution >= 0.6 is 0 Å². The smallest absolute Gasteiger partial charge is 0.358 e. The summed E-state index contributed by atoms with van der Waals surface area (Å²) in [7, 11) is 0. The number of carboxylic acids is 1. The summed E-state index contributed by atoms with van der Waals surface area (Å²) in [6.45, 7) is 1.45. The molecular formula is C12H10N2O6. The van der Waals surface area contributed by atoms with E-state index in [4.69, 9.17) is 14.4 Å². The summed E-state index contributed by atoms with van der Waals surface area (Å²) in [6, 6.07) is 5.88. The standard InChI is InChI=1S/C12H10N2O6/c1-7-3-2-4-10(11(7)14(17)18)19-6-8-5-9(12(15)16)13-20-8/h2-5H,6H2,1H3,(H,15,16). The fraction of sp³-hybridized carbons (Fsp3) is 0.167. The predicted octanol–water partition coefficient (Wildman–Crippen LogP) is 2.17. The van der Waals surface area contributed by atoms with Gasteiger partial charge >= 0.3 is 11.7 Å². The summed E-state index contributed by atoms with van der Waals surface area (Å²) < 4.78 is 10.0. The van der Waals surface area contributed by atoms with Crippen LogP contribution in [0.25, 0.3) is 0 Å². The molecule has 0 spiro atoms. The Balaban J connectivity index is 2.16. The second-order valence-electron chi connectivity index (χ2n) is 3.95. The molecule has 0 unspecified atom stereocenters. The Morgan fingerprint density at radius 3 is 2.90 bits per heavy atom. The van der Waals surface area contributed by atoms with Crippen molar-refractivity contribution in [3.05, 3.63) is 51.4 Å². The Bertz CT molecular complexity index is 664. The maximum Gasteiger partial charge on any atom is 0.358 e. The quantitative estimate of drug-likeness (QED) is 0.658. The van der Waals surface area contributed by atoms with Crippen LogP contribution in [0.15, 0.2) is 28.8 Å². The van der Waals surface area contributed by atoms with Gasteiger partial charge in [-0.25, -0.2) is 4.79 Å². The number of carboxylic acid groups (broad SMARTS) is 1. The predicted molar refractivity (Wildman–Crippen MR) is 65.6 cm³/mol. The summed E-state index contributed by atoms with van der Waals surface area (Å²) in [4.78, 5) is 21.0. The van der Waals surface area contributed by atoms with Gasteiger partial charge in [0.2, 0.25) is 0 Å². The maximum absolute atomic E-state index is 11.0. The number of hydrogen-bond acceptors (Lipinski definition) is 6. The molecule has 8 heteroatoms. The van der Waals surface area contributed by atoms with E-state index in [0.29, 0.717) is 5.56 Å². The highest BCUT2D eigenvalue weighted by atomic mass is 16.6. The van der Waals surface area contributed by atoms with Gasteiger partial charge in [0.1, 0.15) is 6.61 Å². The van der Waals surface area contributed by atoms with Crippen LogP contribution in [0.1, 0.15) is 21.8 Å². The van der Waals surface area contributed by atoms with Gasteiger partial charge in [-0.1, -0.05) is 17.3 Å². The number of nitro groups is 1. The van der Waals surface area contributed by atoms with Gasteiger partial charge in [-0.05, 0) is 13.0 Å². The lowest BCUT2D eigenvalue weighted by Gasteiger charge is -2.06. The van der Waals surface area contributed by atoms with Gasteiger partial charge in [0, 0.05) is 11.6 Å². The van der Waals surface area contributed by atoms with E-state index >= 15 is 0 Å². The molecule has 0 aliphatic heterocycles. The van der Waals surface area contributed by atoms with Crippen LogP contribution in [0.2, 0.25) is 0 Å². The molecule has 1 aromatic carbocycles. The number of carbonyl (C=O) groups is 1. The second-order valence-corrected chi connectivity index (χ2v) is 3.95. The summed E-state index contributed by atoms with van der Waals surface area (Å²) in [5.41, 5.74) is 0.0871. The van der Waals surface area contributed by atoms with Crippen LogP contribution in [0.5, 0.6) is 5.75 Å². The Kier molecular flexibility index (Phi) is 3.65. The van der Waals surface area contributed by atoms with E-state index in [1.807, 2.05) is 0 Å². The number of nitro benzene ring substituents is 1. The van der Waals surface area contributed by atoms with Crippen molar-refractivity contribution in [2.75, 3.05) is 0 Å². The summed E-state index contributed by atoms with van der Waals surface area (Å²) in [5.74, 6) is -0.969. The van der Waals surface area contributed by atoms with Crippen molar-refractivity contribution in [1.82, 2.24) is 5.16 Å². The SMILES string of the molecule is Cc1cccc(OCc2cc(C(=O)O)no2)c1[N+](=O)[O-]. The first-order chi connectivity index (χ1) is 9.49. The fourth-order valence-corrected chi connectivity index (χ4v) is 1.61. The number of nitrogens with zero attached hydrogens (tertiary/aromatic N) is 2. The van der Waals surface area contributed by atoms with Crippen LogP contribution in [0.4, 0.5) is 5.69 Å². The molecule has 0 fully saturated rings. The van der Waals surface area contributed by atoms with Crippen LogP contribution in [-0.2, 0) is 6.61 Å². The largest absolute Gasteiger partial charge is 0.479 e. The van der Waals surface area contributed by atoms with Crippen LogP contribution in [0.3, 0.4) is 0 Å². The van der Waals surface area contributed by atoms with Gasteiger partial charge in [-0.15, -0.1) is 0 Å². The van der Waals surface area contributed by atoms with Crippen molar-refractivity contribution in [3.63, 3.8) is 0 Å². The lowest BCUT2D eigenvalue weighted by atomic mass is 10.2. The van der Waals surface area contributed by atoms with Crippen molar-refractivity contribution in [3.8, 4) is 5.75 Å². The van der Waals surface area contributed by atoms with E-state index in [1.165, 1.54) is 12.1 Å². The lowest BCUT2D eigenvalue weighted by molar-refractivity contribution is -0.386. The molecule has 0 saturated carbocycles. The highest BCUT2D eigenvalue weighted by molar-refractivity contribution is 5.85. The molecule has 0 amide bonds. The minimum atomic E-state index is -1.22. The Morgan fingerprint density at radius 1 is 1.55 bits per heavy atom. The summed E-state index contributed by atoms with van der Waals surface area (Å²) in [5, 5.41) is 23.0. The third-order valence-corrected chi connectivity index (χ3v) is 2.53. The van der Waals surface area contributed by atoms with Crippen molar-refractivity contribution in [2.24, 2.45) is 0 Å². The van der Waals surface area contributed by atoms with Gasteiger partial charge in [-0.3, -0.25) is 10.1 Å². The fourth-order valence-electron chi connectivity index (χ4n) is 1.61. The molecular weight excluding hydrogens is 268 g/mol. The molecule has 20 heavy (non-hydrogen) atoms. The summed E-state index contributed by atoms with van der Waals surface area (Å²) in [6.07, 6.45) is 0. The molecule has 0 aliphatic carbocycles. The van der Waals surface area contributed by atoms with E-state index in [1.54, 1.807) is 19.1 Å². The van der Waals surface area contributed by atoms with Gasteiger partial charge < -0.3 is 14.4 Å². The monoisotopic (exact) mass is 278 g/mol. The molecule has 0 aliphatic rings. The zero-order valence-corrected chi connectivity index (χ0v) is 10.4. The first-order valence-electron chi connectivity index (χ1n) is 5.54. The van der Waals surface area contributed by atoms with E-state index in [-0.39, 0.29) is 29.5 Å². The number of ether oxygens (including phenoxy) is 1. The average molecular weight is 278 g/mol. The first kappa shape index (κ1) is 13.5. The minimum absolute atomic E-state index is 0.0864. The molecule has 1 N–H and O–H groups in total. The highest BCUT2D eigenvalue weighted by Gasteiger charge is 2.19. The van der Waals surface area contributed by atoms with Gasteiger partial charge in [0.25, 0.3) is 0 Å². The summed E-state index contributed by atoms with van der Waals surface area (Å²) >= 11 is 0. The number of para-hydroxylation sites is 1. The first-order valence-corrected chi connectivity index (χ1v) is 5.54. The van der Waals surface area contributed by atoms with Crippen molar-refractivity contribution in [1.29, 1.82) is 0 Å². The Labute approximate surface area is 112 Å². The minimum Gasteiger partial charge on any atom is -0.479 e. The average Bonchev–Trinajstić information content (AvgIpc) is 2.84. The molecule has 8 nitrogen and oxygen atoms in total. The zero-order chi connectivity index (χ0) is 14.7. The third kappa shape index (κ3) is 2.74. The van der Waals surface area contributed by atoms with Crippen molar-refractivity contribution < 1.29 is 24.1 Å². The lowest BCUT2D eigenvalue weighted by Crippen LogP contribution is -2.00. The molecule has 0 saturated heterocycles. The maximum atomic E-state index is 11.0. The van der Waals surface area contributed by atoms with Crippen LogP contribution < -0.4 is 4.74 Å². The van der Waals surface area contributed by atoms with Crippen molar-refractivity contribution >= 4 is 11.7 Å². The number of hydrogen-bond donors (Lipinski definition) is 1.